The SMILES string of the molecule is CCOc1ccc(-c2nc3nc4ccccc4n3cc2-c2ccc(OC)cc2)c(O)c1. The molecule has 0 atom stereocenters. The number of imidazole rings is 1. The fraction of sp³-hybridized carbons (Fsp3) is 0.120. The zero-order valence-electron chi connectivity index (χ0n) is 17.2. The number of ether oxygens (including phenoxy) is 2. The first-order valence-electron chi connectivity index (χ1n) is 10.1. The summed E-state index contributed by atoms with van der Waals surface area (Å²) in [5, 5.41) is 10.8. The van der Waals surface area contributed by atoms with Crippen molar-refractivity contribution >= 4 is 16.8 Å². The van der Waals surface area contributed by atoms with Crippen molar-refractivity contribution in [1.29, 1.82) is 0 Å². The Bertz CT molecular complexity index is 1390. The zero-order valence-corrected chi connectivity index (χ0v) is 17.2. The lowest BCUT2D eigenvalue weighted by Gasteiger charge is -2.13. The number of phenols is 1. The summed E-state index contributed by atoms with van der Waals surface area (Å²) >= 11 is 0. The summed E-state index contributed by atoms with van der Waals surface area (Å²) in [6, 6.07) is 21.0. The van der Waals surface area contributed by atoms with Gasteiger partial charge in [-0.2, -0.15) is 0 Å². The van der Waals surface area contributed by atoms with Crippen molar-refractivity contribution in [3.05, 3.63) is 72.9 Å². The van der Waals surface area contributed by atoms with Crippen LogP contribution in [-0.2, 0) is 0 Å². The fourth-order valence-electron chi connectivity index (χ4n) is 3.74. The molecule has 0 bridgehead atoms. The zero-order chi connectivity index (χ0) is 21.4. The molecule has 0 aliphatic rings. The van der Waals surface area contributed by atoms with E-state index in [0.29, 0.717) is 29.4 Å². The van der Waals surface area contributed by atoms with Gasteiger partial charge in [0.15, 0.2) is 0 Å². The van der Waals surface area contributed by atoms with Gasteiger partial charge in [0.1, 0.15) is 17.2 Å². The summed E-state index contributed by atoms with van der Waals surface area (Å²) in [6.07, 6.45) is 2.02. The van der Waals surface area contributed by atoms with Crippen molar-refractivity contribution in [2.75, 3.05) is 13.7 Å². The number of aromatic nitrogens is 3. The summed E-state index contributed by atoms with van der Waals surface area (Å²) < 4.78 is 12.8. The van der Waals surface area contributed by atoms with E-state index in [1.54, 1.807) is 13.2 Å². The normalized spacial score (nSPS) is 11.2. The largest absolute Gasteiger partial charge is 0.507 e. The first kappa shape index (κ1) is 18.9. The Kier molecular flexibility index (Phi) is 4.67. The number of hydrogen-bond acceptors (Lipinski definition) is 5. The molecule has 2 heterocycles. The Morgan fingerprint density at radius 2 is 1.68 bits per heavy atom. The number of para-hydroxylation sites is 2. The molecule has 5 rings (SSSR count). The average molecular weight is 411 g/mol. The summed E-state index contributed by atoms with van der Waals surface area (Å²) in [5.41, 5.74) is 4.93. The van der Waals surface area contributed by atoms with Crippen molar-refractivity contribution in [3.63, 3.8) is 0 Å². The van der Waals surface area contributed by atoms with Gasteiger partial charge in [-0.3, -0.25) is 4.40 Å². The van der Waals surface area contributed by atoms with Crippen LogP contribution in [0.4, 0.5) is 0 Å². The van der Waals surface area contributed by atoms with Crippen molar-refractivity contribution in [2.45, 2.75) is 6.92 Å². The van der Waals surface area contributed by atoms with Gasteiger partial charge in [0.05, 0.1) is 30.4 Å². The van der Waals surface area contributed by atoms with Crippen molar-refractivity contribution in [3.8, 4) is 39.6 Å². The summed E-state index contributed by atoms with van der Waals surface area (Å²) in [5.74, 6) is 2.06. The highest BCUT2D eigenvalue weighted by Gasteiger charge is 2.17. The number of hydrogen-bond donors (Lipinski definition) is 1. The summed E-state index contributed by atoms with van der Waals surface area (Å²) in [4.78, 5) is 9.52. The van der Waals surface area contributed by atoms with Crippen LogP contribution in [0.1, 0.15) is 6.92 Å². The lowest BCUT2D eigenvalue weighted by Crippen LogP contribution is -1.97. The molecule has 5 aromatic rings. The molecule has 0 fully saturated rings. The molecule has 0 unspecified atom stereocenters. The molecule has 31 heavy (non-hydrogen) atoms. The van der Waals surface area contributed by atoms with Gasteiger partial charge in [0.25, 0.3) is 0 Å². The second kappa shape index (κ2) is 7.65. The van der Waals surface area contributed by atoms with E-state index in [-0.39, 0.29) is 5.75 Å². The van der Waals surface area contributed by atoms with Crippen molar-refractivity contribution in [1.82, 2.24) is 14.4 Å². The Morgan fingerprint density at radius 1 is 0.903 bits per heavy atom. The quantitative estimate of drug-likeness (QED) is 0.423. The van der Waals surface area contributed by atoms with Gasteiger partial charge in [-0.25, -0.2) is 9.97 Å². The molecule has 6 heteroatoms. The average Bonchev–Trinajstić information content (AvgIpc) is 3.16. The predicted octanol–water partition coefficient (Wildman–Crippen LogP) is 5.33. The number of fused-ring (bicyclic) bond motifs is 3. The lowest BCUT2D eigenvalue weighted by atomic mass is 10.00. The van der Waals surface area contributed by atoms with Crippen LogP contribution in [0.2, 0.25) is 0 Å². The van der Waals surface area contributed by atoms with Gasteiger partial charge in [0.2, 0.25) is 5.78 Å². The molecule has 0 aliphatic heterocycles. The number of phenolic OH excluding ortho intramolecular Hbond substituents is 1. The molecule has 0 saturated carbocycles. The van der Waals surface area contributed by atoms with Crippen LogP contribution in [0, 0.1) is 0 Å². The molecule has 0 saturated heterocycles. The van der Waals surface area contributed by atoms with E-state index in [4.69, 9.17) is 14.5 Å². The molecular formula is C25H21N3O3. The monoisotopic (exact) mass is 411 g/mol. The Hall–Kier alpha value is -4.06. The fourth-order valence-corrected chi connectivity index (χ4v) is 3.74. The van der Waals surface area contributed by atoms with E-state index < -0.39 is 0 Å². The number of benzene rings is 3. The highest BCUT2D eigenvalue weighted by atomic mass is 16.5. The summed E-state index contributed by atoms with van der Waals surface area (Å²) in [6.45, 7) is 2.44. The van der Waals surface area contributed by atoms with Crippen LogP contribution in [-0.4, -0.2) is 33.2 Å². The van der Waals surface area contributed by atoms with Gasteiger partial charge in [-0.15, -0.1) is 0 Å². The lowest BCUT2D eigenvalue weighted by molar-refractivity contribution is 0.338. The minimum atomic E-state index is 0.105. The van der Waals surface area contributed by atoms with E-state index in [1.165, 1.54) is 0 Å². The molecule has 0 aliphatic carbocycles. The topological polar surface area (TPSA) is 68.9 Å². The van der Waals surface area contributed by atoms with Gasteiger partial charge in [0, 0.05) is 23.4 Å². The maximum Gasteiger partial charge on any atom is 0.235 e. The van der Waals surface area contributed by atoms with Gasteiger partial charge < -0.3 is 14.6 Å². The third-order valence-electron chi connectivity index (χ3n) is 5.24. The van der Waals surface area contributed by atoms with Gasteiger partial charge >= 0.3 is 0 Å². The summed E-state index contributed by atoms with van der Waals surface area (Å²) in [7, 11) is 1.64. The Morgan fingerprint density at radius 3 is 2.42 bits per heavy atom. The third-order valence-corrected chi connectivity index (χ3v) is 5.24. The van der Waals surface area contributed by atoms with Gasteiger partial charge in [-0.1, -0.05) is 24.3 Å². The van der Waals surface area contributed by atoms with E-state index in [0.717, 1.165) is 27.9 Å². The molecule has 0 amide bonds. The number of aromatic hydroxyl groups is 1. The molecule has 154 valence electrons. The Labute approximate surface area is 179 Å². The number of methoxy groups -OCH3 is 1. The minimum absolute atomic E-state index is 0.105. The maximum absolute atomic E-state index is 10.8. The molecule has 0 radical (unpaired) electrons. The molecule has 2 aromatic heterocycles. The molecule has 0 spiro atoms. The van der Waals surface area contributed by atoms with Crippen molar-refractivity contribution in [2.24, 2.45) is 0 Å². The van der Waals surface area contributed by atoms with E-state index in [1.807, 2.05) is 78.2 Å². The smallest absolute Gasteiger partial charge is 0.235 e. The first-order chi connectivity index (χ1) is 15.2. The van der Waals surface area contributed by atoms with E-state index in [9.17, 15) is 5.11 Å². The molecule has 1 N–H and O–H groups in total. The van der Waals surface area contributed by atoms with Crippen LogP contribution >= 0.6 is 0 Å². The third kappa shape index (κ3) is 3.32. The standard InChI is InChI=1S/C25H21N3O3/c1-3-31-18-12-13-19(23(29)14-18)24-20(16-8-10-17(30-2)11-9-16)15-28-22-7-5-4-6-21(22)26-25(28)27-24/h4-15,29H,3H2,1-2H3. The van der Waals surface area contributed by atoms with Crippen molar-refractivity contribution < 1.29 is 14.6 Å². The van der Waals surface area contributed by atoms with Crippen LogP contribution in [0.3, 0.4) is 0 Å². The molecular weight excluding hydrogens is 390 g/mol. The molecule has 6 nitrogen and oxygen atoms in total. The second-order valence-corrected chi connectivity index (χ2v) is 7.11. The number of nitrogens with zero attached hydrogens (tertiary/aromatic N) is 3. The van der Waals surface area contributed by atoms with E-state index in [2.05, 4.69) is 4.98 Å². The minimum Gasteiger partial charge on any atom is -0.507 e. The van der Waals surface area contributed by atoms with Crippen LogP contribution in [0.25, 0.3) is 39.2 Å². The highest BCUT2D eigenvalue weighted by molar-refractivity contribution is 5.87. The highest BCUT2D eigenvalue weighted by Crippen LogP contribution is 2.38. The maximum atomic E-state index is 10.8. The van der Waals surface area contributed by atoms with E-state index >= 15 is 0 Å². The van der Waals surface area contributed by atoms with Gasteiger partial charge in [-0.05, 0) is 48.9 Å². The van der Waals surface area contributed by atoms with Crippen LogP contribution in [0.5, 0.6) is 17.2 Å². The first-order valence-corrected chi connectivity index (χ1v) is 10.1. The predicted molar refractivity (Wildman–Crippen MR) is 121 cm³/mol. The molecule has 3 aromatic carbocycles. The van der Waals surface area contributed by atoms with Crippen LogP contribution < -0.4 is 9.47 Å². The second-order valence-electron chi connectivity index (χ2n) is 7.11. The number of rotatable bonds is 5. The van der Waals surface area contributed by atoms with Crippen LogP contribution in [0.15, 0.2) is 72.9 Å². The Balaban J connectivity index is 1.78.